The molecule has 0 saturated heterocycles. The Hall–Kier alpha value is -0.730. The predicted molar refractivity (Wildman–Crippen MR) is 61.7 cm³/mol. The van der Waals surface area contributed by atoms with E-state index in [1.165, 1.54) is 0 Å². The van der Waals surface area contributed by atoms with E-state index >= 15 is 0 Å². The summed E-state index contributed by atoms with van der Waals surface area (Å²) in [7, 11) is 0. The molecule has 0 radical (unpaired) electrons. The van der Waals surface area contributed by atoms with E-state index in [4.69, 9.17) is 28.3 Å². The van der Waals surface area contributed by atoms with Gasteiger partial charge in [0.2, 0.25) is 0 Å². The first-order valence-electron chi connectivity index (χ1n) is 4.62. The molecule has 2 nitrogen and oxygen atoms in total. The van der Waals surface area contributed by atoms with Crippen LogP contribution in [-0.4, -0.2) is 11.1 Å². The monoisotopic (exact) mass is 246 g/mol. The van der Waals surface area contributed by atoms with E-state index in [2.05, 4.69) is 0 Å². The van der Waals surface area contributed by atoms with Gasteiger partial charge in [-0.05, 0) is 17.5 Å². The van der Waals surface area contributed by atoms with Gasteiger partial charge < -0.3 is 5.11 Å². The van der Waals surface area contributed by atoms with Gasteiger partial charge in [-0.25, -0.2) is 0 Å². The Kier molecular flexibility index (Phi) is 4.00. The number of carboxylic acids is 1. The minimum atomic E-state index is -0.835. The number of hydrogen-bond donors (Lipinski definition) is 1. The first-order chi connectivity index (χ1) is 6.95. The second kappa shape index (κ2) is 4.86. The maximum atomic E-state index is 10.8. The molecule has 0 bridgehead atoms. The molecule has 1 aromatic carbocycles. The van der Waals surface area contributed by atoms with Gasteiger partial charge in [-0.3, -0.25) is 4.79 Å². The topological polar surface area (TPSA) is 37.3 Å². The molecule has 0 amide bonds. The van der Waals surface area contributed by atoms with Crippen LogP contribution in [0.25, 0.3) is 0 Å². The van der Waals surface area contributed by atoms with E-state index in [1.807, 2.05) is 6.92 Å². The average Bonchev–Trinajstić information content (AvgIpc) is 2.20. The van der Waals surface area contributed by atoms with Gasteiger partial charge >= 0.3 is 5.97 Å². The highest BCUT2D eigenvalue weighted by molar-refractivity contribution is 6.42. The molecule has 2 atom stereocenters. The van der Waals surface area contributed by atoms with E-state index in [0.29, 0.717) is 10.0 Å². The van der Waals surface area contributed by atoms with E-state index in [9.17, 15) is 4.79 Å². The normalized spacial score (nSPS) is 14.7. The molecule has 0 saturated carbocycles. The van der Waals surface area contributed by atoms with Crippen LogP contribution in [0.2, 0.25) is 10.0 Å². The molecule has 0 aliphatic carbocycles. The average molecular weight is 247 g/mol. The smallest absolute Gasteiger partial charge is 0.306 e. The van der Waals surface area contributed by atoms with E-state index in [1.54, 1.807) is 25.1 Å². The molecule has 0 aromatic heterocycles. The zero-order valence-electron chi connectivity index (χ0n) is 8.50. The van der Waals surface area contributed by atoms with Gasteiger partial charge in [-0.1, -0.05) is 49.2 Å². The molecule has 0 spiro atoms. The molecule has 1 rings (SSSR count). The standard InChI is InChI=1S/C11H12Cl2O2/c1-6(7(2)11(14)15)8-4-3-5-9(12)10(8)13/h3-7H,1-2H3,(H,14,15). The third kappa shape index (κ3) is 2.64. The van der Waals surface area contributed by atoms with Gasteiger partial charge in [0.05, 0.1) is 16.0 Å². The Labute approximate surface area is 98.8 Å². The summed E-state index contributed by atoms with van der Waals surface area (Å²) in [6.07, 6.45) is 0. The maximum Gasteiger partial charge on any atom is 0.306 e. The van der Waals surface area contributed by atoms with Crippen LogP contribution >= 0.6 is 23.2 Å². The second-order valence-electron chi connectivity index (χ2n) is 3.56. The lowest BCUT2D eigenvalue weighted by molar-refractivity contribution is -0.141. The Bertz CT molecular complexity index is 377. The molecule has 0 aliphatic heterocycles. The summed E-state index contributed by atoms with van der Waals surface area (Å²) in [4.78, 5) is 10.8. The number of benzene rings is 1. The molecule has 1 aromatic rings. The fourth-order valence-corrected chi connectivity index (χ4v) is 1.84. The van der Waals surface area contributed by atoms with Crippen molar-refractivity contribution in [2.45, 2.75) is 19.8 Å². The van der Waals surface area contributed by atoms with Gasteiger partial charge in [-0.15, -0.1) is 0 Å². The quantitative estimate of drug-likeness (QED) is 0.881. The molecule has 15 heavy (non-hydrogen) atoms. The van der Waals surface area contributed by atoms with Crippen molar-refractivity contribution in [2.24, 2.45) is 5.92 Å². The number of aliphatic carboxylic acids is 1. The first kappa shape index (κ1) is 12.3. The van der Waals surface area contributed by atoms with Crippen molar-refractivity contribution in [1.82, 2.24) is 0 Å². The third-order valence-electron chi connectivity index (χ3n) is 2.61. The van der Waals surface area contributed by atoms with Crippen molar-refractivity contribution < 1.29 is 9.90 Å². The van der Waals surface area contributed by atoms with Crippen LogP contribution in [0, 0.1) is 5.92 Å². The predicted octanol–water partition coefficient (Wildman–Crippen LogP) is 3.82. The van der Waals surface area contributed by atoms with Gasteiger partial charge in [0.15, 0.2) is 0 Å². The van der Waals surface area contributed by atoms with Gasteiger partial charge in [0, 0.05) is 0 Å². The van der Waals surface area contributed by atoms with Crippen LogP contribution in [0.1, 0.15) is 25.3 Å². The highest BCUT2D eigenvalue weighted by Gasteiger charge is 2.23. The van der Waals surface area contributed by atoms with E-state index in [0.717, 1.165) is 5.56 Å². The Morgan fingerprint density at radius 2 is 1.93 bits per heavy atom. The van der Waals surface area contributed by atoms with Crippen molar-refractivity contribution >= 4 is 29.2 Å². The van der Waals surface area contributed by atoms with Crippen molar-refractivity contribution in [1.29, 1.82) is 0 Å². The Morgan fingerprint density at radius 3 is 2.47 bits per heavy atom. The van der Waals surface area contributed by atoms with Crippen LogP contribution in [0.15, 0.2) is 18.2 Å². The number of rotatable bonds is 3. The SMILES string of the molecule is CC(C(=O)O)C(C)c1cccc(Cl)c1Cl. The summed E-state index contributed by atoms with van der Waals surface area (Å²) in [6.45, 7) is 3.49. The van der Waals surface area contributed by atoms with Crippen LogP contribution in [-0.2, 0) is 4.79 Å². The lowest BCUT2D eigenvalue weighted by atomic mass is 9.89. The van der Waals surface area contributed by atoms with Crippen LogP contribution < -0.4 is 0 Å². The van der Waals surface area contributed by atoms with Crippen molar-refractivity contribution in [3.05, 3.63) is 33.8 Å². The van der Waals surface area contributed by atoms with Gasteiger partial charge in [0.1, 0.15) is 0 Å². The molecule has 0 heterocycles. The van der Waals surface area contributed by atoms with E-state index < -0.39 is 11.9 Å². The summed E-state index contributed by atoms with van der Waals surface area (Å²) in [5.74, 6) is -1.48. The zero-order chi connectivity index (χ0) is 11.6. The van der Waals surface area contributed by atoms with Crippen LogP contribution in [0.4, 0.5) is 0 Å². The number of carboxylic acid groups (broad SMARTS) is 1. The minimum Gasteiger partial charge on any atom is -0.481 e. The summed E-state index contributed by atoms with van der Waals surface area (Å²) >= 11 is 11.9. The highest BCUT2D eigenvalue weighted by atomic mass is 35.5. The fraction of sp³-hybridized carbons (Fsp3) is 0.364. The zero-order valence-corrected chi connectivity index (χ0v) is 10.0. The molecular weight excluding hydrogens is 235 g/mol. The van der Waals surface area contributed by atoms with Crippen LogP contribution in [0.5, 0.6) is 0 Å². The lowest BCUT2D eigenvalue weighted by Gasteiger charge is -2.18. The summed E-state index contributed by atoms with van der Waals surface area (Å²) in [5.41, 5.74) is 0.777. The molecule has 1 N–H and O–H groups in total. The minimum absolute atomic E-state index is 0.159. The summed E-state index contributed by atoms with van der Waals surface area (Å²) in [5, 5.41) is 9.80. The number of hydrogen-bond acceptors (Lipinski definition) is 1. The van der Waals surface area contributed by atoms with E-state index in [-0.39, 0.29) is 5.92 Å². The fourth-order valence-electron chi connectivity index (χ4n) is 1.36. The molecule has 4 heteroatoms. The molecule has 0 fully saturated rings. The molecule has 82 valence electrons. The number of carbonyl (C=O) groups is 1. The summed E-state index contributed by atoms with van der Waals surface area (Å²) < 4.78 is 0. The maximum absolute atomic E-state index is 10.8. The molecule has 2 unspecified atom stereocenters. The molecular formula is C11H12Cl2O2. The van der Waals surface area contributed by atoms with Gasteiger partial charge in [0.25, 0.3) is 0 Å². The highest BCUT2D eigenvalue weighted by Crippen LogP contribution is 2.34. The van der Waals surface area contributed by atoms with Crippen molar-refractivity contribution in [3.8, 4) is 0 Å². The number of halogens is 2. The molecule has 0 aliphatic rings. The van der Waals surface area contributed by atoms with Crippen molar-refractivity contribution in [3.63, 3.8) is 0 Å². The Morgan fingerprint density at radius 1 is 1.33 bits per heavy atom. The largest absolute Gasteiger partial charge is 0.481 e. The Balaban J connectivity index is 3.06. The second-order valence-corrected chi connectivity index (χ2v) is 4.34. The van der Waals surface area contributed by atoms with Crippen LogP contribution in [0.3, 0.4) is 0 Å². The summed E-state index contributed by atoms with van der Waals surface area (Å²) in [6, 6.07) is 5.26. The third-order valence-corrected chi connectivity index (χ3v) is 3.45. The van der Waals surface area contributed by atoms with Gasteiger partial charge in [-0.2, -0.15) is 0 Å². The van der Waals surface area contributed by atoms with Crippen molar-refractivity contribution in [2.75, 3.05) is 0 Å². The lowest BCUT2D eigenvalue weighted by Crippen LogP contribution is -2.16. The first-order valence-corrected chi connectivity index (χ1v) is 5.37.